The fourth-order valence-electron chi connectivity index (χ4n) is 2.65. The molecule has 2 heterocycles. The van der Waals surface area contributed by atoms with E-state index in [4.69, 9.17) is 9.26 Å². The van der Waals surface area contributed by atoms with Crippen molar-refractivity contribution in [2.45, 2.75) is 38.1 Å². The number of amides is 1. The lowest BCUT2D eigenvalue weighted by molar-refractivity contribution is -0.00661. The van der Waals surface area contributed by atoms with E-state index in [2.05, 4.69) is 22.3 Å². The molecule has 1 aliphatic heterocycles. The molecule has 0 saturated carbocycles. The molecule has 0 aliphatic carbocycles. The van der Waals surface area contributed by atoms with Gasteiger partial charge in [0, 0.05) is 37.8 Å². The van der Waals surface area contributed by atoms with Crippen molar-refractivity contribution in [3.8, 4) is 0 Å². The first-order chi connectivity index (χ1) is 10.1. The van der Waals surface area contributed by atoms with Crippen molar-refractivity contribution in [3.63, 3.8) is 0 Å². The van der Waals surface area contributed by atoms with Crippen LogP contribution in [0.1, 0.15) is 42.4 Å². The van der Waals surface area contributed by atoms with Crippen LogP contribution in [0.5, 0.6) is 0 Å². The third kappa shape index (κ3) is 3.83. The molecule has 6 heteroatoms. The standard InChI is InChI=1S/C15H25N3O3/c1-4-5-12-10-13(17-21-12)14(19)16-11-15(18(2)3)6-8-20-9-7-15/h10H,4-9,11H2,1-3H3,(H,16,19). The van der Waals surface area contributed by atoms with Crippen LogP contribution in [0.2, 0.25) is 0 Å². The van der Waals surface area contributed by atoms with E-state index in [0.29, 0.717) is 12.2 Å². The molecule has 2 rings (SSSR count). The molecule has 1 aromatic rings. The van der Waals surface area contributed by atoms with Gasteiger partial charge in [0.1, 0.15) is 5.76 Å². The summed E-state index contributed by atoms with van der Waals surface area (Å²) in [5.41, 5.74) is 0.323. The number of ether oxygens (including phenoxy) is 1. The molecule has 118 valence electrons. The maximum atomic E-state index is 12.2. The lowest BCUT2D eigenvalue weighted by Gasteiger charge is -2.42. The molecule has 21 heavy (non-hydrogen) atoms. The molecule has 0 bridgehead atoms. The minimum absolute atomic E-state index is 0.0378. The average Bonchev–Trinajstić information content (AvgIpc) is 2.95. The fraction of sp³-hybridized carbons (Fsp3) is 0.733. The van der Waals surface area contributed by atoms with Gasteiger partial charge in [-0.2, -0.15) is 0 Å². The normalized spacial score (nSPS) is 17.9. The topological polar surface area (TPSA) is 67.6 Å². The quantitative estimate of drug-likeness (QED) is 0.860. The monoisotopic (exact) mass is 295 g/mol. The predicted octanol–water partition coefficient (Wildman–Crippen LogP) is 1.47. The molecule has 1 aliphatic rings. The molecule has 0 radical (unpaired) electrons. The highest BCUT2D eigenvalue weighted by Crippen LogP contribution is 2.25. The van der Waals surface area contributed by atoms with Gasteiger partial charge in [-0.1, -0.05) is 12.1 Å². The molecular formula is C15H25N3O3. The van der Waals surface area contributed by atoms with Crippen LogP contribution < -0.4 is 5.32 Å². The second-order valence-electron chi connectivity index (χ2n) is 5.84. The molecule has 0 unspecified atom stereocenters. The van der Waals surface area contributed by atoms with Crippen molar-refractivity contribution >= 4 is 5.91 Å². The first-order valence-corrected chi connectivity index (χ1v) is 7.56. The van der Waals surface area contributed by atoms with Gasteiger partial charge < -0.3 is 19.5 Å². The van der Waals surface area contributed by atoms with Crippen molar-refractivity contribution < 1.29 is 14.1 Å². The summed E-state index contributed by atoms with van der Waals surface area (Å²) >= 11 is 0. The Balaban J connectivity index is 1.95. The van der Waals surface area contributed by atoms with E-state index >= 15 is 0 Å². The van der Waals surface area contributed by atoms with Gasteiger partial charge in [0.05, 0.1) is 0 Å². The maximum absolute atomic E-state index is 12.2. The Hall–Kier alpha value is -1.40. The summed E-state index contributed by atoms with van der Waals surface area (Å²) in [5.74, 6) is 0.588. The van der Waals surface area contributed by atoms with E-state index in [1.807, 2.05) is 14.1 Å². The summed E-state index contributed by atoms with van der Waals surface area (Å²) < 4.78 is 10.6. The third-order valence-corrected chi connectivity index (χ3v) is 4.24. The van der Waals surface area contributed by atoms with Gasteiger partial charge in [0.25, 0.3) is 5.91 Å². The van der Waals surface area contributed by atoms with Gasteiger partial charge in [-0.25, -0.2) is 0 Å². The van der Waals surface area contributed by atoms with E-state index in [1.54, 1.807) is 6.07 Å². The van der Waals surface area contributed by atoms with Crippen LogP contribution in [0.15, 0.2) is 10.6 Å². The van der Waals surface area contributed by atoms with Gasteiger partial charge in [-0.15, -0.1) is 0 Å². The van der Waals surface area contributed by atoms with Crippen LogP contribution in [0.4, 0.5) is 0 Å². The highest BCUT2D eigenvalue weighted by Gasteiger charge is 2.35. The Morgan fingerprint density at radius 3 is 2.76 bits per heavy atom. The molecule has 1 N–H and O–H groups in total. The van der Waals surface area contributed by atoms with E-state index in [-0.39, 0.29) is 11.4 Å². The molecule has 6 nitrogen and oxygen atoms in total. The minimum atomic E-state index is -0.172. The largest absolute Gasteiger partial charge is 0.381 e. The predicted molar refractivity (Wildman–Crippen MR) is 79.3 cm³/mol. The number of nitrogens with zero attached hydrogens (tertiary/aromatic N) is 2. The number of carbonyl (C=O) groups excluding carboxylic acids is 1. The van der Waals surface area contributed by atoms with Crippen molar-refractivity contribution in [2.75, 3.05) is 33.9 Å². The number of aromatic nitrogens is 1. The Labute approximate surface area is 125 Å². The molecule has 1 saturated heterocycles. The lowest BCUT2D eigenvalue weighted by Crippen LogP contribution is -2.55. The van der Waals surface area contributed by atoms with Crippen LogP contribution in [-0.2, 0) is 11.2 Å². The highest BCUT2D eigenvalue weighted by molar-refractivity contribution is 5.92. The maximum Gasteiger partial charge on any atom is 0.273 e. The molecule has 0 aromatic carbocycles. The summed E-state index contributed by atoms with van der Waals surface area (Å²) in [7, 11) is 4.10. The number of hydrogen-bond donors (Lipinski definition) is 1. The number of aryl methyl sites for hydroxylation is 1. The number of hydrogen-bond acceptors (Lipinski definition) is 5. The second-order valence-corrected chi connectivity index (χ2v) is 5.84. The van der Waals surface area contributed by atoms with Crippen LogP contribution in [0.25, 0.3) is 0 Å². The molecule has 1 amide bonds. The highest BCUT2D eigenvalue weighted by atomic mass is 16.5. The third-order valence-electron chi connectivity index (χ3n) is 4.24. The minimum Gasteiger partial charge on any atom is -0.381 e. The zero-order valence-electron chi connectivity index (χ0n) is 13.1. The SMILES string of the molecule is CCCc1cc(C(=O)NCC2(N(C)C)CCOCC2)no1. The molecule has 1 aromatic heterocycles. The summed E-state index contributed by atoms with van der Waals surface area (Å²) in [4.78, 5) is 14.4. The average molecular weight is 295 g/mol. The smallest absolute Gasteiger partial charge is 0.273 e. The summed E-state index contributed by atoms with van der Waals surface area (Å²) in [6, 6.07) is 1.73. The summed E-state index contributed by atoms with van der Waals surface area (Å²) in [5, 5.41) is 6.83. The Morgan fingerprint density at radius 1 is 1.43 bits per heavy atom. The number of nitrogens with one attached hydrogen (secondary N) is 1. The van der Waals surface area contributed by atoms with Gasteiger partial charge in [0.15, 0.2) is 5.69 Å². The van der Waals surface area contributed by atoms with Crippen LogP contribution in [-0.4, -0.2) is 55.4 Å². The Bertz CT molecular complexity index is 464. The van der Waals surface area contributed by atoms with Crippen LogP contribution >= 0.6 is 0 Å². The fourth-order valence-corrected chi connectivity index (χ4v) is 2.65. The van der Waals surface area contributed by atoms with Crippen LogP contribution in [0, 0.1) is 0 Å². The number of likely N-dealkylation sites (N-methyl/N-ethyl adjacent to an activating group) is 1. The lowest BCUT2D eigenvalue weighted by atomic mass is 9.88. The van der Waals surface area contributed by atoms with Crippen molar-refractivity contribution in [1.29, 1.82) is 0 Å². The van der Waals surface area contributed by atoms with Crippen molar-refractivity contribution in [3.05, 3.63) is 17.5 Å². The number of carbonyl (C=O) groups is 1. The molecule has 0 atom stereocenters. The van der Waals surface area contributed by atoms with E-state index in [1.165, 1.54) is 0 Å². The summed E-state index contributed by atoms with van der Waals surface area (Å²) in [6.45, 7) is 4.13. The van der Waals surface area contributed by atoms with E-state index in [9.17, 15) is 4.79 Å². The first kappa shape index (κ1) is 16.0. The molecule has 1 fully saturated rings. The molecule has 0 spiro atoms. The zero-order chi connectivity index (χ0) is 15.3. The van der Waals surface area contributed by atoms with Gasteiger partial charge in [-0.3, -0.25) is 4.79 Å². The molecular weight excluding hydrogens is 270 g/mol. The zero-order valence-corrected chi connectivity index (χ0v) is 13.1. The Morgan fingerprint density at radius 2 is 2.14 bits per heavy atom. The first-order valence-electron chi connectivity index (χ1n) is 7.56. The van der Waals surface area contributed by atoms with Crippen molar-refractivity contribution in [1.82, 2.24) is 15.4 Å². The summed E-state index contributed by atoms with van der Waals surface area (Å²) in [6.07, 6.45) is 3.61. The van der Waals surface area contributed by atoms with Gasteiger partial charge in [-0.05, 0) is 33.4 Å². The van der Waals surface area contributed by atoms with Crippen molar-refractivity contribution in [2.24, 2.45) is 0 Å². The Kier molecular flexibility index (Phi) is 5.36. The number of rotatable bonds is 6. The van der Waals surface area contributed by atoms with Gasteiger partial charge in [0.2, 0.25) is 0 Å². The second kappa shape index (κ2) is 7.04. The van der Waals surface area contributed by atoms with E-state index < -0.39 is 0 Å². The van der Waals surface area contributed by atoms with Crippen LogP contribution in [0.3, 0.4) is 0 Å². The van der Waals surface area contributed by atoms with Gasteiger partial charge >= 0.3 is 0 Å². The van der Waals surface area contributed by atoms with E-state index in [0.717, 1.165) is 44.7 Å².